The molecule has 2 unspecified atom stereocenters. The highest BCUT2D eigenvalue weighted by molar-refractivity contribution is 5.82. The van der Waals surface area contributed by atoms with Crippen LogP contribution in [0.3, 0.4) is 0 Å². The molecule has 1 heterocycles. The van der Waals surface area contributed by atoms with Crippen LogP contribution in [0.15, 0.2) is 67.0 Å². The Morgan fingerprint density at radius 2 is 1.92 bits per heavy atom. The van der Waals surface area contributed by atoms with E-state index in [0.717, 1.165) is 23.2 Å². The summed E-state index contributed by atoms with van der Waals surface area (Å²) in [6.07, 6.45) is 4.50. The Balaban J connectivity index is 1.33. The van der Waals surface area contributed by atoms with Crippen LogP contribution in [0, 0.1) is 11.7 Å². The lowest BCUT2D eigenvalue weighted by Crippen LogP contribution is -2.24. The van der Waals surface area contributed by atoms with Crippen LogP contribution in [0.5, 0.6) is 0 Å². The largest absolute Gasteiger partial charge is 0.352 e. The monoisotopic (exact) mass is 335 g/mol. The van der Waals surface area contributed by atoms with Crippen LogP contribution >= 0.6 is 0 Å². The van der Waals surface area contributed by atoms with Crippen LogP contribution in [-0.2, 0) is 11.3 Å². The first-order valence-electron chi connectivity index (χ1n) is 8.33. The topological polar surface area (TPSA) is 46.9 Å². The first kappa shape index (κ1) is 15.6. The zero-order valence-corrected chi connectivity index (χ0v) is 13.6. The van der Waals surface area contributed by atoms with E-state index in [2.05, 4.69) is 10.4 Å². The Hall–Kier alpha value is -2.95. The van der Waals surface area contributed by atoms with Crippen molar-refractivity contribution in [2.75, 3.05) is 0 Å². The Labute approximate surface area is 145 Å². The summed E-state index contributed by atoms with van der Waals surface area (Å²) in [5.41, 5.74) is 2.97. The number of amides is 1. The van der Waals surface area contributed by atoms with E-state index in [9.17, 15) is 9.18 Å². The van der Waals surface area contributed by atoms with Crippen LogP contribution in [0.4, 0.5) is 4.39 Å². The third-order valence-electron chi connectivity index (χ3n) is 4.55. The van der Waals surface area contributed by atoms with Crippen molar-refractivity contribution in [3.05, 3.63) is 83.9 Å². The molecule has 4 nitrogen and oxygen atoms in total. The molecule has 0 aliphatic heterocycles. The van der Waals surface area contributed by atoms with Gasteiger partial charge in [0, 0.05) is 24.2 Å². The second-order valence-electron chi connectivity index (χ2n) is 6.35. The molecule has 1 fully saturated rings. The molecule has 25 heavy (non-hydrogen) atoms. The van der Waals surface area contributed by atoms with E-state index in [4.69, 9.17) is 0 Å². The minimum absolute atomic E-state index is 0.0189. The maximum atomic E-state index is 13.0. The highest BCUT2D eigenvalue weighted by Crippen LogP contribution is 2.47. The van der Waals surface area contributed by atoms with E-state index in [1.165, 1.54) is 12.1 Å². The Morgan fingerprint density at radius 1 is 1.16 bits per heavy atom. The second-order valence-corrected chi connectivity index (χ2v) is 6.35. The number of carbonyl (C=O) groups is 1. The minimum atomic E-state index is -0.249. The highest BCUT2D eigenvalue weighted by Gasteiger charge is 2.43. The summed E-state index contributed by atoms with van der Waals surface area (Å²) in [5.74, 6) is -0.0233. The first-order valence-corrected chi connectivity index (χ1v) is 8.33. The maximum absolute atomic E-state index is 13.0. The van der Waals surface area contributed by atoms with Crippen LogP contribution in [0.25, 0.3) is 5.69 Å². The van der Waals surface area contributed by atoms with Crippen LogP contribution in [0.1, 0.15) is 23.5 Å². The van der Waals surface area contributed by atoms with Crippen molar-refractivity contribution in [3.8, 4) is 5.69 Å². The van der Waals surface area contributed by atoms with Crippen LogP contribution in [0.2, 0.25) is 0 Å². The lowest BCUT2D eigenvalue weighted by atomic mass is 10.1. The smallest absolute Gasteiger partial charge is 0.224 e. The standard InChI is InChI=1S/C20H18FN3O/c21-16-8-6-15(7-9-16)18-10-19(18)20(25)22-11-14-12-23-24(13-14)17-4-2-1-3-5-17/h1-9,12-13,18-19H,10-11H2,(H,22,25). The normalized spacial score (nSPS) is 18.8. The van der Waals surface area contributed by atoms with Gasteiger partial charge in [0.2, 0.25) is 5.91 Å². The number of para-hydroxylation sites is 1. The summed E-state index contributed by atoms with van der Waals surface area (Å²) in [5, 5.41) is 7.30. The quantitative estimate of drug-likeness (QED) is 0.776. The van der Waals surface area contributed by atoms with Crippen molar-refractivity contribution < 1.29 is 9.18 Å². The molecule has 0 bridgehead atoms. The molecule has 1 N–H and O–H groups in total. The molecule has 3 aromatic rings. The fourth-order valence-electron chi connectivity index (χ4n) is 3.06. The summed E-state index contributed by atoms with van der Waals surface area (Å²) in [6, 6.07) is 16.2. The molecule has 0 radical (unpaired) electrons. The molecule has 1 aliphatic carbocycles. The van der Waals surface area contributed by atoms with Gasteiger partial charge in [-0.2, -0.15) is 5.10 Å². The zero-order chi connectivity index (χ0) is 17.2. The predicted octanol–water partition coefficient (Wildman–Crippen LogP) is 3.43. The number of hydrogen-bond acceptors (Lipinski definition) is 2. The molecule has 2 aromatic carbocycles. The molecular weight excluding hydrogens is 317 g/mol. The molecule has 1 aliphatic rings. The number of nitrogens with zero attached hydrogens (tertiary/aromatic N) is 2. The summed E-state index contributed by atoms with van der Waals surface area (Å²) in [6.45, 7) is 0.457. The van der Waals surface area contributed by atoms with Crippen molar-refractivity contribution in [1.82, 2.24) is 15.1 Å². The fourth-order valence-corrected chi connectivity index (χ4v) is 3.06. The SMILES string of the molecule is O=C(NCc1cnn(-c2ccccc2)c1)C1CC1c1ccc(F)cc1. The van der Waals surface area contributed by atoms with Crippen molar-refractivity contribution in [2.45, 2.75) is 18.9 Å². The molecule has 5 heteroatoms. The summed E-state index contributed by atoms with van der Waals surface area (Å²) in [4.78, 5) is 12.3. The van der Waals surface area contributed by atoms with E-state index < -0.39 is 0 Å². The minimum Gasteiger partial charge on any atom is -0.352 e. The maximum Gasteiger partial charge on any atom is 0.224 e. The van der Waals surface area contributed by atoms with E-state index in [1.54, 1.807) is 23.0 Å². The van der Waals surface area contributed by atoms with Crippen molar-refractivity contribution in [2.24, 2.45) is 5.92 Å². The molecule has 2 atom stereocenters. The van der Waals surface area contributed by atoms with E-state index in [1.807, 2.05) is 36.5 Å². The molecular formula is C20H18FN3O. The third-order valence-corrected chi connectivity index (χ3v) is 4.55. The van der Waals surface area contributed by atoms with Crippen molar-refractivity contribution in [3.63, 3.8) is 0 Å². The van der Waals surface area contributed by atoms with Crippen molar-refractivity contribution >= 4 is 5.91 Å². The number of carbonyl (C=O) groups excluding carboxylic acids is 1. The average Bonchev–Trinajstić information content (AvgIpc) is 3.31. The van der Waals surface area contributed by atoms with Gasteiger partial charge in [0.15, 0.2) is 0 Å². The number of rotatable bonds is 5. The molecule has 1 amide bonds. The molecule has 1 aromatic heterocycles. The lowest BCUT2D eigenvalue weighted by Gasteiger charge is -2.04. The summed E-state index contributed by atoms with van der Waals surface area (Å²) in [7, 11) is 0. The van der Waals surface area contributed by atoms with Gasteiger partial charge in [-0.15, -0.1) is 0 Å². The molecule has 126 valence electrons. The van der Waals surface area contributed by atoms with Gasteiger partial charge in [-0.05, 0) is 42.2 Å². The summed E-state index contributed by atoms with van der Waals surface area (Å²) >= 11 is 0. The van der Waals surface area contributed by atoms with Gasteiger partial charge < -0.3 is 5.32 Å². The van der Waals surface area contributed by atoms with Gasteiger partial charge in [0.25, 0.3) is 0 Å². The predicted molar refractivity (Wildman–Crippen MR) is 92.7 cm³/mol. The van der Waals surface area contributed by atoms with Gasteiger partial charge in [-0.25, -0.2) is 9.07 Å². The first-order chi connectivity index (χ1) is 12.2. The number of hydrogen-bond donors (Lipinski definition) is 1. The van der Waals surface area contributed by atoms with Gasteiger partial charge in [-0.3, -0.25) is 4.79 Å². The zero-order valence-electron chi connectivity index (χ0n) is 13.6. The molecule has 1 saturated carbocycles. The van der Waals surface area contributed by atoms with Gasteiger partial charge in [0.1, 0.15) is 5.82 Å². The highest BCUT2D eigenvalue weighted by atomic mass is 19.1. The Kier molecular flexibility index (Phi) is 4.06. The number of halogens is 1. The van der Waals surface area contributed by atoms with E-state index in [0.29, 0.717) is 6.54 Å². The van der Waals surface area contributed by atoms with Crippen LogP contribution in [-0.4, -0.2) is 15.7 Å². The van der Waals surface area contributed by atoms with E-state index >= 15 is 0 Å². The summed E-state index contributed by atoms with van der Waals surface area (Å²) < 4.78 is 14.8. The van der Waals surface area contributed by atoms with Gasteiger partial charge >= 0.3 is 0 Å². The van der Waals surface area contributed by atoms with Crippen molar-refractivity contribution in [1.29, 1.82) is 0 Å². The van der Waals surface area contributed by atoms with E-state index in [-0.39, 0.29) is 23.6 Å². The number of benzene rings is 2. The lowest BCUT2D eigenvalue weighted by molar-refractivity contribution is -0.122. The fraction of sp³-hybridized carbons (Fsp3) is 0.200. The molecule has 0 saturated heterocycles. The average molecular weight is 335 g/mol. The number of nitrogens with one attached hydrogen (secondary N) is 1. The molecule has 0 spiro atoms. The number of aromatic nitrogens is 2. The van der Waals surface area contributed by atoms with Gasteiger partial charge in [0.05, 0.1) is 11.9 Å². The van der Waals surface area contributed by atoms with Crippen LogP contribution < -0.4 is 5.32 Å². The third kappa shape index (κ3) is 3.45. The Bertz CT molecular complexity index is 873. The second kappa shape index (κ2) is 6.51. The molecule has 4 rings (SSSR count). The van der Waals surface area contributed by atoms with Gasteiger partial charge in [-0.1, -0.05) is 30.3 Å². The Morgan fingerprint density at radius 3 is 2.68 bits per heavy atom.